The molecule has 0 radical (unpaired) electrons. The highest BCUT2D eigenvalue weighted by Gasteiger charge is 2.14. The Labute approximate surface area is 112 Å². The van der Waals surface area contributed by atoms with E-state index in [-0.39, 0.29) is 5.78 Å². The summed E-state index contributed by atoms with van der Waals surface area (Å²) in [7, 11) is 0. The zero-order valence-corrected chi connectivity index (χ0v) is 10.6. The molecular formula is C16H15NO2. The molecule has 0 aliphatic carbocycles. The van der Waals surface area contributed by atoms with Crippen molar-refractivity contribution < 1.29 is 9.53 Å². The zero-order chi connectivity index (χ0) is 13.2. The number of nitrogens with two attached hydrogens (primary N) is 1. The van der Waals surface area contributed by atoms with Crippen molar-refractivity contribution in [2.45, 2.75) is 12.8 Å². The van der Waals surface area contributed by atoms with Gasteiger partial charge < -0.3 is 10.5 Å². The Bertz CT molecular complexity index is 617. The lowest BCUT2D eigenvalue weighted by molar-refractivity contribution is 0.103. The molecule has 0 unspecified atom stereocenters. The fourth-order valence-corrected chi connectivity index (χ4v) is 2.30. The first-order chi connectivity index (χ1) is 9.24. The second kappa shape index (κ2) is 4.76. The molecular weight excluding hydrogens is 238 g/mol. The van der Waals surface area contributed by atoms with Crippen LogP contribution in [0.3, 0.4) is 0 Å². The highest BCUT2D eigenvalue weighted by molar-refractivity contribution is 6.09. The maximum Gasteiger partial charge on any atom is 0.193 e. The molecule has 0 fully saturated rings. The van der Waals surface area contributed by atoms with Gasteiger partial charge in [0, 0.05) is 16.8 Å². The first-order valence-corrected chi connectivity index (χ1v) is 6.40. The highest BCUT2D eigenvalue weighted by atomic mass is 16.5. The van der Waals surface area contributed by atoms with Crippen LogP contribution in [-0.4, -0.2) is 12.4 Å². The Balaban J connectivity index is 1.93. The summed E-state index contributed by atoms with van der Waals surface area (Å²) in [5.74, 6) is 0.925. The molecule has 0 saturated carbocycles. The van der Waals surface area contributed by atoms with Gasteiger partial charge in [-0.05, 0) is 60.9 Å². The van der Waals surface area contributed by atoms with Crippen LogP contribution in [0.25, 0.3) is 0 Å². The molecule has 2 N–H and O–H groups in total. The van der Waals surface area contributed by atoms with Gasteiger partial charge in [0.15, 0.2) is 5.78 Å². The lowest BCUT2D eigenvalue weighted by Gasteiger charge is -2.17. The first-order valence-electron chi connectivity index (χ1n) is 6.40. The van der Waals surface area contributed by atoms with E-state index in [0.717, 1.165) is 30.8 Å². The second-order valence-electron chi connectivity index (χ2n) is 4.73. The number of aryl methyl sites for hydroxylation is 1. The Morgan fingerprint density at radius 3 is 2.58 bits per heavy atom. The van der Waals surface area contributed by atoms with Crippen LogP contribution in [0.1, 0.15) is 27.9 Å². The molecule has 96 valence electrons. The van der Waals surface area contributed by atoms with E-state index in [0.29, 0.717) is 16.8 Å². The number of nitrogen functional groups attached to an aromatic ring is 1. The van der Waals surface area contributed by atoms with E-state index in [1.54, 1.807) is 24.3 Å². The third-order valence-electron chi connectivity index (χ3n) is 3.34. The second-order valence-corrected chi connectivity index (χ2v) is 4.73. The van der Waals surface area contributed by atoms with Crippen LogP contribution in [0.5, 0.6) is 5.75 Å². The van der Waals surface area contributed by atoms with E-state index >= 15 is 0 Å². The van der Waals surface area contributed by atoms with Crippen molar-refractivity contribution in [3.63, 3.8) is 0 Å². The van der Waals surface area contributed by atoms with Crippen LogP contribution in [0.4, 0.5) is 5.69 Å². The fourth-order valence-electron chi connectivity index (χ4n) is 2.30. The van der Waals surface area contributed by atoms with Gasteiger partial charge in [-0.1, -0.05) is 0 Å². The number of hydrogen-bond donors (Lipinski definition) is 1. The quantitative estimate of drug-likeness (QED) is 0.661. The lowest BCUT2D eigenvalue weighted by atomic mass is 9.98. The fraction of sp³-hybridized carbons (Fsp3) is 0.188. The van der Waals surface area contributed by atoms with Crippen LogP contribution in [-0.2, 0) is 6.42 Å². The molecule has 1 aliphatic heterocycles. The summed E-state index contributed by atoms with van der Waals surface area (Å²) < 4.78 is 5.55. The number of rotatable bonds is 2. The minimum absolute atomic E-state index is 0.0216. The van der Waals surface area contributed by atoms with Gasteiger partial charge in [-0.15, -0.1) is 0 Å². The first kappa shape index (κ1) is 11.8. The number of ether oxygens (including phenoxy) is 1. The van der Waals surface area contributed by atoms with Gasteiger partial charge in [-0.2, -0.15) is 0 Å². The van der Waals surface area contributed by atoms with Crippen LogP contribution >= 0.6 is 0 Å². The SMILES string of the molecule is Nc1ccc(C(=O)c2ccc3c(c2)CCCO3)cc1. The van der Waals surface area contributed by atoms with Gasteiger partial charge in [0.25, 0.3) is 0 Å². The Kier molecular flexibility index (Phi) is 2.95. The summed E-state index contributed by atoms with van der Waals surface area (Å²) in [6.07, 6.45) is 1.98. The summed E-state index contributed by atoms with van der Waals surface area (Å²) >= 11 is 0. The number of carbonyl (C=O) groups excluding carboxylic acids is 1. The van der Waals surface area contributed by atoms with Crippen LogP contribution in [0.15, 0.2) is 42.5 Å². The Hall–Kier alpha value is -2.29. The molecule has 2 aromatic rings. The summed E-state index contributed by atoms with van der Waals surface area (Å²) in [6, 6.07) is 12.7. The molecule has 0 saturated heterocycles. The van der Waals surface area contributed by atoms with E-state index in [4.69, 9.17) is 10.5 Å². The van der Waals surface area contributed by atoms with Crippen LogP contribution < -0.4 is 10.5 Å². The summed E-state index contributed by atoms with van der Waals surface area (Å²) in [5.41, 5.74) is 8.77. The van der Waals surface area contributed by atoms with Crippen LogP contribution in [0.2, 0.25) is 0 Å². The van der Waals surface area contributed by atoms with E-state index in [2.05, 4.69) is 0 Å². The van der Waals surface area contributed by atoms with E-state index in [9.17, 15) is 4.79 Å². The van der Waals surface area contributed by atoms with Crippen molar-refractivity contribution >= 4 is 11.5 Å². The van der Waals surface area contributed by atoms with Crippen LogP contribution in [0, 0.1) is 0 Å². The van der Waals surface area contributed by atoms with Gasteiger partial charge in [0.1, 0.15) is 5.75 Å². The number of benzene rings is 2. The predicted octanol–water partition coefficient (Wildman–Crippen LogP) is 2.82. The van der Waals surface area contributed by atoms with E-state index in [1.165, 1.54) is 0 Å². The third-order valence-corrected chi connectivity index (χ3v) is 3.34. The molecule has 0 aromatic heterocycles. The van der Waals surface area contributed by atoms with Crippen molar-refractivity contribution in [2.75, 3.05) is 12.3 Å². The molecule has 0 amide bonds. The molecule has 3 nitrogen and oxygen atoms in total. The predicted molar refractivity (Wildman–Crippen MR) is 74.5 cm³/mol. The summed E-state index contributed by atoms with van der Waals surface area (Å²) in [5, 5.41) is 0. The molecule has 1 heterocycles. The highest BCUT2D eigenvalue weighted by Crippen LogP contribution is 2.26. The molecule has 3 heteroatoms. The number of hydrogen-bond acceptors (Lipinski definition) is 3. The third kappa shape index (κ3) is 2.32. The average molecular weight is 253 g/mol. The number of fused-ring (bicyclic) bond motifs is 1. The van der Waals surface area contributed by atoms with Crippen molar-refractivity contribution in [2.24, 2.45) is 0 Å². The zero-order valence-electron chi connectivity index (χ0n) is 10.6. The topological polar surface area (TPSA) is 52.3 Å². The number of anilines is 1. The normalized spacial score (nSPS) is 13.5. The monoisotopic (exact) mass is 253 g/mol. The van der Waals surface area contributed by atoms with Gasteiger partial charge in [-0.25, -0.2) is 0 Å². The van der Waals surface area contributed by atoms with Crippen molar-refractivity contribution in [3.05, 3.63) is 59.2 Å². The van der Waals surface area contributed by atoms with Gasteiger partial charge in [0.05, 0.1) is 6.61 Å². The molecule has 19 heavy (non-hydrogen) atoms. The van der Waals surface area contributed by atoms with Crippen molar-refractivity contribution in [3.8, 4) is 5.75 Å². The Morgan fingerprint density at radius 2 is 1.79 bits per heavy atom. The maximum absolute atomic E-state index is 12.4. The molecule has 2 aromatic carbocycles. The van der Waals surface area contributed by atoms with Gasteiger partial charge in [0.2, 0.25) is 0 Å². The lowest BCUT2D eigenvalue weighted by Crippen LogP contribution is -2.10. The summed E-state index contributed by atoms with van der Waals surface area (Å²) in [6.45, 7) is 0.762. The minimum atomic E-state index is 0.0216. The van der Waals surface area contributed by atoms with E-state index in [1.807, 2.05) is 18.2 Å². The molecule has 0 spiro atoms. The summed E-state index contributed by atoms with van der Waals surface area (Å²) in [4.78, 5) is 12.4. The average Bonchev–Trinajstić information content (AvgIpc) is 2.47. The van der Waals surface area contributed by atoms with Gasteiger partial charge >= 0.3 is 0 Å². The molecule has 3 rings (SSSR count). The molecule has 1 aliphatic rings. The largest absolute Gasteiger partial charge is 0.493 e. The minimum Gasteiger partial charge on any atom is -0.493 e. The smallest absolute Gasteiger partial charge is 0.193 e. The maximum atomic E-state index is 12.4. The van der Waals surface area contributed by atoms with Crippen molar-refractivity contribution in [1.29, 1.82) is 0 Å². The van der Waals surface area contributed by atoms with E-state index < -0.39 is 0 Å². The molecule has 0 bridgehead atoms. The van der Waals surface area contributed by atoms with Crippen molar-refractivity contribution in [1.82, 2.24) is 0 Å². The number of ketones is 1. The standard InChI is InChI=1S/C16H15NO2/c17-14-6-3-11(4-7-14)16(18)13-5-8-15-12(10-13)2-1-9-19-15/h3-8,10H,1-2,9,17H2. The van der Waals surface area contributed by atoms with Gasteiger partial charge in [-0.3, -0.25) is 4.79 Å². The number of carbonyl (C=O) groups is 1. The molecule has 0 atom stereocenters. The Morgan fingerprint density at radius 1 is 1.05 bits per heavy atom.